The minimum absolute atomic E-state index is 0.740. The molecular formula is C20H28N6S2. The average molecular weight is 417 g/mol. The summed E-state index contributed by atoms with van der Waals surface area (Å²) in [5, 5.41) is 10.3. The van der Waals surface area contributed by atoms with Gasteiger partial charge in [-0.3, -0.25) is 10.00 Å². The van der Waals surface area contributed by atoms with Gasteiger partial charge in [0.25, 0.3) is 0 Å². The third kappa shape index (κ3) is 4.23. The highest BCUT2D eigenvalue weighted by atomic mass is 32.2. The molecule has 1 N–H and O–H groups in total. The second kappa shape index (κ2) is 8.47. The summed E-state index contributed by atoms with van der Waals surface area (Å²) in [7, 11) is 0. The van der Waals surface area contributed by atoms with E-state index in [-0.39, 0.29) is 0 Å². The van der Waals surface area contributed by atoms with Crippen molar-refractivity contribution < 1.29 is 0 Å². The number of fused-ring (bicyclic) bond motifs is 1. The van der Waals surface area contributed by atoms with Crippen LogP contribution in [0.2, 0.25) is 0 Å². The number of piperidine rings is 1. The third-order valence-corrected chi connectivity index (χ3v) is 7.42. The van der Waals surface area contributed by atoms with Crippen molar-refractivity contribution >= 4 is 33.3 Å². The molecule has 1 saturated heterocycles. The number of nitrogens with zero attached hydrogens (tertiary/aromatic N) is 5. The fourth-order valence-corrected chi connectivity index (χ4v) is 5.61. The molecule has 0 aromatic carbocycles. The number of H-pyrrole nitrogens is 1. The summed E-state index contributed by atoms with van der Waals surface area (Å²) in [6.07, 6.45) is 4.50. The lowest BCUT2D eigenvalue weighted by atomic mass is 9.99. The molecule has 3 aromatic rings. The SMILES string of the molecule is CCCc1nc(Sc2nc(CN3CCC(C)CC3)nc3sc(C)c(C)c23)n[nH]1. The van der Waals surface area contributed by atoms with Gasteiger partial charge in [-0.05, 0) is 69.4 Å². The molecule has 0 amide bonds. The Balaban J connectivity index is 1.64. The predicted octanol–water partition coefficient (Wildman–Crippen LogP) is 4.76. The van der Waals surface area contributed by atoms with Gasteiger partial charge in [0.05, 0.1) is 6.54 Å². The van der Waals surface area contributed by atoms with Crippen molar-refractivity contribution in [3.8, 4) is 0 Å². The second-order valence-corrected chi connectivity index (χ2v) is 9.94. The van der Waals surface area contributed by atoms with Crippen molar-refractivity contribution in [2.75, 3.05) is 13.1 Å². The number of aromatic nitrogens is 5. The first-order valence-electron chi connectivity index (χ1n) is 10.1. The molecule has 1 aliphatic rings. The molecule has 0 atom stereocenters. The summed E-state index contributed by atoms with van der Waals surface area (Å²) >= 11 is 3.31. The van der Waals surface area contributed by atoms with Gasteiger partial charge in [-0.25, -0.2) is 15.0 Å². The summed E-state index contributed by atoms with van der Waals surface area (Å²) in [4.78, 5) is 19.4. The monoisotopic (exact) mass is 416 g/mol. The van der Waals surface area contributed by atoms with Crippen molar-refractivity contribution in [1.82, 2.24) is 30.0 Å². The van der Waals surface area contributed by atoms with E-state index in [1.165, 1.54) is 23.3 Å². The molecule has 0 unspecified atom stereocenters. The number of rotatable bonds is 6. The highest BCUT2D eigenvalue weighted by Crippen LogP contribution is 2.37. The average Bonchev–Trinajstić information content (AvgIpc) is 3.22. The normalized spacial score (nSPS) is 16.3. The molecular weight excluding hydrogens is 388 g/mol. The Morgan fingerprint density at radius 2 is 1.96 bits per heavy atom. The quantitative estimate of drug-likeness (QED) is 0.584. The van der Waals surface area contributed by atoms with Crippen LogP contribution >= 0.6 is 23.1 Å². The van der Waals surface area contributed by atoms with Crippen molar-refractivity contribution in [3.63, 3.8) is 0 Å². The van der Waals surface area contributed by atoms with Gasteiger partial charge in [0.15, 0.2) is 0 Å². The van der Waals surface area contributed by atoms with Crippen molar-refractivity contribution in [3.05, 3.63) is 22.1 Å². The maximum Gasteiger partial charge on any atom is 0.214 e. The molecule has 0 spiro atoms. The highest BCUT2D eigenvalue weighted by Gasteiger charge is 2.20. The lowest BCUT2D eigenvalue weighted by Gasteiger charge is -2.29. The zero-order valence-electron chi connectivity index (χ0n) is 17.1. The van der Waals surface area contributed by atoms with Crippen molar-refractivity contribution in [1.29, 1.82) is 0 Å². The molecule has 0 aliphatic carbocycles. The van der Waals surface area contributed by atoms with Gasteiger partial charge < -0.3 is 0 Å². The van der Waals surface area contributed by atoms with Gasteiger partial charge in [-0.2, -0.15) is 0 Å². The summed E-state index contributed by atoms with van der Waals surface area (Å²) in [6.45, 7) is 11.9. The minimum atomic E-state index is 0.740. The van der Waals surface area contributed by atoms with Gasteiger partial charge >= 0.3 is 0 Å². The van der Waals surface area contributed by atoms with Gasteiger partial charge in [-0.15, -0.1) is 16.4 Å². The van der Waals surface area contributed by atoms with Crippen molar-refractivity contribution in [2.45, 2.75) is 70.1 Å². The smallest absolute Gasteiger partial charge is 0.214 e. The summed E-state index contributed by atoms with van der Waals surface area (Å²) < 4.78 is 0. The summed E-state index contributed by atoms with van der Waals surface area (Å²) in [5.41, 5.74) is 1.27. The van der Waals surface area contributed by atoms with Gasteiger partial charge in [-0.1, -0.05) is 13.8 Å². The maximum atomic E-state index is 4.96. The topological polar surface area (TPSA) is 70.6 Å². The largest absolute Gasteiger partial charge is 0.296 e. The number of aryl methyl sites for hydroxylation is 3. The van der Waals surface area contributed by atoms with Crippen LogP contribution in [0.3, 0.4) is 0 Å². The zero-order valence-corrected chi connectivity index (χ0v) is 18.7. The van der Waals surface area contributed by atoms with E-state index in [1.54, 1.807) is 23.1 Å². The van der Waals surface area contributed by atoms with Crippen LogP contribution in [0.1, 0.15) is 55.2 Å². The van der Waals surface area contributed by atoms with E-state index < -0.39 is 0 Å². The van der Waals surface area contributed by atoms with E-state index in [1.807, 2.05) is 0 Å². The van der Waals surface area contributed by atoms with Crippen molar-refractivity contribution in [2.24, 2.45) is 5.92 Å². The van der Waals surface area contributed by atoms with Crippen LogP contribution in [0, 0.1) is 19.8 Å². The van der Waals surface area contributed by atoms with Crippen LogP contribution in [0.15, 0.2) is 10.2 Å². The number of hydrogen-bond donors (Lipinski definition) is 1. The van der Waals surface area contributed by atoms with Crippen LogP contribution in [0.5, 0.6) is 0 Å². The summed E-state index contributed by atoms with van der Waals surface area (Å²) in [5.74, 6) is 2.68. The predicted molar refractivity (Wildman–Crippen MR) is 115 cm³/mol. The number of hydrogen-bond acceptors (Lipinski definition) is 7. The van der Waals surface area contributed by atoms with E-state index >= 15 is 0 Å². The fraction of sp³-hybridized carbons (Fsp3) is 0.600. The number of nitrogens with one attached hydrogen (secondary N) is 1. The highest BCUT2D eigenvalue weighted by molar-refractivity contribution is 7.99. The van der Waals surface area contributed by atoms with Crippen LogP contribution in [0.25, 0.3) is 10.2 Å². The Kier molecular flexibility index (Phi) is 5.99. The molecule has 28 heavy (non-hydrogen) atoms. The first-order valence-corrected chi connectivity index (χ1v) is 11.7. The number of thiophene rings is 1. The van der Waals surface area contributed by atoms with E-state index in [2.05, 4.69) is 47.8 Å². The second-order valence-electron chi connectivity index (χ2n) is 7.78. The molecule has 1 fully saturated rings. The molecule has 3 aromatic heterocycles. The molecule has 1 aliphatic heterocycles. The Bertz CT molecular complexity index is 955. The zero-order chi connectivity index (χ0) is 19.7. The molecule has 0 radical (unpaired) electrons. The first kappa shape index (κ1) is 19.8. The maximum absolute atomic E-state index is 4.96. The lowest BCUT2D eigenvalue weighted by molar-refractivity contribution is 0.181. The molecule has 8 heteroatoms. The van der Waals surface area contributed by atoms with Gasteiger partial charge in [0.2, 0.25) is 5.16 Å². The van der Waals surface area contributed by atoms with Gasteiger partial charge in [0.1, 0.15) is 21.5 Å². The van der Waals surface area contributed by atoms with E-state index in [9.17, 15) is 0 Å². The number of aromatic amines is 1. The minimum Gasteiger partial charge on any atom is -0.296 e. The Hall–Kier alpha value is -1.51. The molecule has 0 saturated carbocycles. The first-order chi connectivity index (χ1) is 13.5. The van der Waals surface area contributed by atoms with Crippen LogP contribution in [-0.4, -0.2) is 43.1 Å². The van der Waals surface area contributed by atoms with E-state index in [4.69, 9.17) is 9.97 Å². The molecule has 150 valence electrons. The molecule has 4 rings (SSSR count). The third-order valence-electron chi connectivity index (χ3n) is 5.47. The lowest BCUT2D eigenvalue weighted by Crippen LogP contribution is -2.32. The van der Waals surface area contributed by atoms with E-state index in [0.29, 0.717) is 0 Å². The molecule has 6 nitrogen and oxygen atoms in total. The Morgan fingerprint density at radius 3 is 2.71 bits per heavy atom. The van der Waals surface area contributed by atoms with Gasteiger partial charge in [0, 0.05) is 16.7 Å². The van der Waals surface area contributed by atoms with Crippen LogP contribution < -0.4 is 0 Å². The number of likely N-dealkylation sites (tertiary alicyclic amines) is 1. The molecule has 0 bridgehead atoms. The summed E-state index contributed by atoms with van der Waals surface area (Å²) in [6, 6.07) is 0. The standard InChI is InChI=1S/C20H28N6S2/c1-5-6-15-23-20(25-24-15)28-19-17-13(3)14(4)27-18(17)21-16(22-19)11-26-9-7-12(2)8-10-26/h12H,5-11H2,1-4H3,(H,23,24,25). The van der Waals surface area contributed by atoms with E-state index in [0.717, 1.165) is 70.4 Å². The van der Waals surface area contributed by atoms with Crippen LogP contribution in [-0.2, 0) is 13.0 Å². The van der Waals surface area contributed by atoms with Crippen LogP contribution in [0.4, 0.5) is 0 Å². The fourth-order valence-electron chi connectivity index (χ4n) is 3.58. The Labute approximate surface area is 174 Å². The Morgan fingerprint density at radius 1 is 1.18 bits per heavy atom. The molecule has 4 heterocycles.